The molecule has 0 bridgehead atoms. The maximum absolute atomic E-state index is 2.51. The van der Waals surface area contributed by atoms with Gasteiger partial charge in [0.05, 0.1) is 16.4 Å². The van der Waals surface area contributed by atoms with Crippen LogP contribution in [0.3, 0.4) is 0 Å². The van der Waals surface area contributed by atoms with Crippen LogP contribution in [-0.4, -0.2) is 4.57 Å². The highest BCUT2D eigenvalue weighted by Crippen LogP contribution is 2.57. The summed E-state index contributed by atoms with van der Waals surface area (Å²) in [4.78, 5) is 0. The zero-order valence-electron chi connectivity index (χ0n) is 42.8. The molecule has 1 aromatic heterocycles. The first kappa shape index (κ1) is 46.0. The summed E-state index contributed by atoms with van der Waals surface area (Å²) < 4.78 is 2.51. The van der Waals surface area contributed by atoms with Gasteiger partial charge >= 0.3 is 0 Å². The molecule has 0 spiro atoms. The Morgan fingerprint density at radius 2 is 0.818 bits per heavy atom. The molecule has 364 valence electrons. The van der Waals surface area contributed by atoms with Gasteiger partial charge in [0.2, 0.25) is 0 Å². The van der Waals surface area contributed by atoms with Gasteiger partial charge in [-0.2, -0.15) is 0 Å². The Hall–Kier alpha value is -9.56. The van der Waals surface area contributed by atoms with Crippen molar-refractivity contribution >= 4 is 21.8 Å². The molecule has 1 aliphatic rings. The van der Waals surface area contributed by atoms with Crippen molar-refractivity contribution in [3.63, 3.8) is 0 Å². The van der Waals surface area contributed by atoms with Crippen molar-refractivity contribution < 1.29 is 0 Å². The number of rotatable bonds is 12. The molecule has 0 saturated carbocycles. The van der Waals surface area contributed by atoms with Crippen molar-refractivity contribution in [2.24, 2.45) is 0 Å². The van der Waals surface area contributed by atoms with Gasteiger partial charge in [-0.1, -0.05) is 273 Å². The Morgan fingerprint density at radius 1 is 0.299 bits per heavy atom. The van der Waals surface area contributed by atoms with Crippen LogP contribution in [0.2, 0.25) is 0 Å². The second-order valence-corrected chi connectivity index (χ2v) is 20.6. The summed E-state index contributed by atoms with van der Waals surface area (Å²) in [6.45, 7) is 0. The van der Waals surface area contributed by atoms with E-state index in [4.69, 9.17) is 0 Å². The van der Waals surface area contributed by atoms with Crippen molar-refractivity contribution in [2.75, 3.05) is 0 Å². The summed E-state index contributed by atoms with van der Waals surface area (Å²) in [6, 6.07) is 113. The zero-order chi connectivity index (χ0) is 51.1. The van der Waals surface area contributed by atoms with Gasteiger partial charge in [0.15, 0.2) is 0 Å². The lowest BCUT2D eigenvalue weighted by atomic mass is 9.67. The van der Waals surface area contributed by atoms with Crippen molar-refractivity contribution in [3.05, 3.63) is 342 Å². The predicted molar refractivity (Wildman–Crippen MR) is 323 cm³/mol. The fourth-order valence-corrected chi connectivity index (χ4v) is 12.9. The molecule has 0 radical (unpaired) electrons. The van der Waals surface area contributed by atoms with Crippen LogP contribution < -0.4 is 0 Å². The van der Waals surface area contributed by atoms with Gasteiger partial charge in [-0.15, -0.1) is 0 Å². The van der Waals surface area contributed by atoms with Gasteiger partial charge in [-0.05, 0) is 138 Å². The van der Waals surface area contributed by atoms with E-state index >= 15 is 0 Å². The lowest BCUT2D eigenvalue weighted by Gasteiger charge is -2.34. The van der Waals surface area contributed by atoms with E-state index in [0.29, 0.717) is 0 Å². The summed E-state index contributed by atoms with van der Waals surface area (Å²) in [5, 5.41) is 2.48. The molecule has 1 atom stereocenters. The molecule has 1 aliphatic carbocycles. The van der Waals surface area contributed by atoms with Crippen LogP contribution in [0, 0.1) is 0 Å². The van der Waals surface area contributed by atoms with E-state index in [1.54, 1.807) is 0 Å². The largest absolute Gasteiger partial charge is 0.309 e. The number of hydrogen-bond acceptors (Lipinski definition) is 0. The minimum absolute atomic E-state index is 0.229. The van der Waals surface area contributed by atoms with E-state index in [9.17, 15) is 0 Å². The molecular weight excluding hydrogens is 927 g/mol. The van der Waals surface area contributed by atoms with Gasteiger partial charge < -0.3 is 4.57 Å². The highest BCUT2D eigenvalue weighted by atomic mass is 15.0. The average molecular weight is 982 g/mol. The number of para-hydroxylation sites is 1. The molecule has 0 aliphatic heterocycles. The molecule has 1 unspecified atom stereocenters. The van der Waals surface area contributed by atoms with Crippen molar-refractivity contribution in [2.45, 2.75) is 24.2 Å². The van der Waals surface area contributed by atoms with Crippen LogP contribution in [-0.2, 0) is 11.8 Å². The number of nitrogens with zero attached hydrogens (tertiary/aromatic N) is 1. The monoisotopic (exact) mass is 981 g/mol. The third-order valence-corrected chi connectivity index (χ3v) is 16.4. The SMILES string of the molecule is c1ccc(-c2cccc(-c3ccc(C(CCc4ccccc4-c4ccccc4-c4ccc5c6ccccc6n(-c6ccc7c(c6)C(c6ccccc6)(c6ccccc6)c6ccccc6-7)c5c4)c4ccccc4)cc3)c2)cc1. The standard InChI is InChI=1S/C76H55N/c1-5-22-53(23-6-1)58-27-21-28-59(50-58)54-40-42-57(43-41-54)64(55-24-7-2-8-25-55)47-44-56-26-13-14-33-65(56)67-35-16-15-34-66(67)60-45-48-71-70-37-18-20-39-74(70)77(75(71)51-60)63-46-49-69-68-36-17-19-38-72(68)76(73(69)52-63,61-29-9-3-10-30-61)62-31-11-4-12-32-62/h1-43,45-46,48-52,64H,44,47H2. The summed E-state index contributed by atoms with van der Waals surface area (Å²) >= 11 is 0. The third-order valence-electron chi connectivity index (χ3n) is 16.4. The van der Waals surface area contributed by atoms with Crippen molar-refractivity contribution in [3.8, 4) is 61.3 Å². The fourth-order valence-electron chi connectivity index (χ4n) is 12.9. The molecule has 77 heavy (non-hydrogen) atoms. The van der Waals surface area contributed by atoms with Gasteiger partial charge in [0.25, 0.3) is 0 Å². The highest BCUT2D eigenvalue weighted by molar-refractivity contribution is 6.10. The molecule has 1 nitrogen and oxygen atoms in total. The van der Waals surface area contributed by atoms with Gasteiger partial charge in [0.1, 0.15) is 0 Å². The topological polar surface area (TPSA) is 4.93 Å². The molecule has 1 heteroatoms. The van der Waals surface area contributed by atoms with E-state index in [1.165, 1.54) is 116 Å². The van der Waals surface area contributed by atoms with E-state index in [2.05, 4.69) is 308 Å². The first-order valence-electron chi connectivity index (χ1n) is 27.1. The maximum atomic E-state index is 2.51. The molecule has 13 aromatic rings. The van der Waals surface area contributed by atoms with Crippen molar-refractivity contribution in [1.82, 2.24) is 4.57 Å². The number of aryl methyl sites for hydroxylation is 1. The third kappa shape index (κ3) is 8.02. The number of hydrogen-bond donors (Lipinski definition) is 0. The first-order valence-corrected chi connectivity index (χ1v) is 27.1. The van der Waals surface area contributed by atoms with E-state index < -0.39 is 5.41 Å². The molecule has 14 rings (SSSR count). The quantitative estimate of drug-likeness (QED) is 0.115. The smallest absolute Gasteiger partial charge is 0.0714 e. The summed E-state index contributed by atoms with van der Waals surface area (Å²) in [7, 11) is 0. The number of benzene rings is 12. The second-order valence-electron chi connectivity index (χ2n) is 20.6. The average Bonchev–Trinajstić information content (AvgIpc) is 4.25. The van der Waals surface area contributed by atoms with Gasteiger partial charge in [0, 0.05) is 22.4 Å². The summed E-state index contributed by atoms with van der Waals surface area (Å²) in [5.41, 5.74) is 24.6. The lowest BCUT2D eigenvalue weighted by molar-refractivity contribution is 0.716. The normalized spacial score (nSPS) is 12.8. The molecule has 0 fully saturated rings. The predicted octanol–water partition coefficient (Wildman–Crippen LogP) is 19.6. The van der Waals surface area contributed by atoms with Crippen LogP contribution in [0.1, 0.15) is 51.3 Å². The highest BCUT2D eigenvalue weighted by Gasteiger charge is 2.46. The van der Waals surface area contributed by atoms with Crippen LogP contribution in [0.15, 0.2) is 303 Å². The van der Waals surface area contributed by atoms with Gasteiger partial charge in [-0.3, -0.25) is 0 Å². The van der Waals surface area contributed by atoms with Gasteiger partial charge in [-0.25, -0.2) is 0 Å². The Morgan fingerprint density at radius 3 is 1.55 bits per heavy atom. The van der Waals surface area contributed by atoms with Crippen LogP contribution in [0.4, 0.5) is 0 Å². The Labute approximate surface area is 451 Å². The van der Waals surface area contributed by atoms with Crippen molar-refractivity contribution in [1.29, 1.82) is 0 Å². The first-order chi connectivity index (χ1) is 38.2. The van der Waals surface area contributed by atoms with Crippen LogP contribution >= 0.6 is 0 Å². The van der Waals surface area contributed by atoms with E-state index in [0.717, 1.165) is 18.5 Å². The van der Waals surface area contributed by atoms with Crippen LogP contribution in [0.5, 0.6) is 0 Å². The minimum atomic E-state index is -0.497. The number of fused-ring (bicyclic) bond motifs is 6. The second kappa shape index (κ2) is 19.6. The van der Waals surface area contributed by atoms with E-state index in [-0.39, 0.29) is 5.92 Å². The molecule has 0 amide bonds. The molecule has 1 heterocycles. The fraction of sp³-hybridized carbons (Fsp3) is 0.0526. The Balaban J connectivity index is 0.840. The molecule has 0 saturated heterocycles. The lowest BCUT2D eigenvalue weighted by Crippen LogP contribution is -2.28. The molecule has 0 N–H and O–H groups in total. The summed E-state index contributed by atoms with van der Waals surface area (Å²) in [6.07, 6.45) is 1.90. The minimum Gasteiger partial charge on any atom is -0.309 e. The van der Waals surface area contributed by atoms with Crippen LogP contribution in [0.25, 0.3) is 83.1 Å². The Kier molecular flexibility index (Phi) is 11.7. The Bertz CT molecular complexity index is 4210. The maximum Gasteiger partial charge on any atom is 0.0714 e. The molecular formula is C76H55N. The van der Waals surface area contributed by atoms with E-state index in [1.807, 2.05) is 0 Å². The molecule has 12 aromatic carbocycles. The summed E-state index contributed by atoms with van der Waals surface area (Å²) in [5.74, 6) is 0.229. The zero-order valence-corrected chi connectivity index (χ0v) is 42.8. The number of aromatic nitrogens is 1.